The van der Waals surface area contributed by atoms with Crippen LogP contribution in [-0.4, -0.2) is 23.5 Å². The highest BCUT2D eigenvalue weighted by Crippen LogP contribution is 2.30. The number of carboxylic acid groups (broad SMARTS) is 1. The fourth-order valence-corrected chi connectivity index (χ4v) is 3.15. The zero-order valence-corrected chi connectivity index (χ0v) is 13.5. The molecule has 0 saturated heterocycles. The summed E-state index contributed by atoms with van der Waals surface area (Å²) in [6, 6.07) is 5.86. The minimum Gasteiger partial charge on any atom is -0.481 e. The van der Waals surface area contributed by atoms with E-state index < -0.39 is 5.97 Å². The van der Waals surface area contributed by atoms with E-state index >= 15 is 0 Å². The van der Waals surface area contributed by atoms with Gasteiger partial charge in [0, 0.05) is 18.2 Å². The van der Waals surface area contributed by atoms with Gasteiger partial charge < -0.3 is 10.0 Å². The van der Waals surface area contributed by atoms with Gasteiger partial charge in [-0.05, 0) is 43.9 Å². The van der Waals surface area contributed by atoms with Crippen molar-refractivity contribution in [3.8, 4) is 0 Å². The number of hydrogen-bond donors (Lipinski definition) is 1. The average Bonchev–Trinajstić information content (AvgIpc) is 2.51. The minimum atomic E-state index is -0.869. The molecule has 1 aromatic carbocycles. The summed E-state index contributed by atoms with van der Waals surface area (Å²) >= 11 is 0. The summed E-state index contributed by atoms with van der Waals surface area (Å²) < 4.78 is 0. The molecule has 2 rings (SSSR count). The Morgan fingerprint density at radius 3 is 2.50 bits per heavy atom. The molecule has 1 aliphatic carbocycles. The van der Waals surface area contributed by atoms with Crippen LogP contribution in [0.5, 0.6) is 0 Å². The van der Waals surface area contributed by atoms with Crippen LogP contribution >= 0.6 is 0 Å². The van der Waals surface area contributed by atoms with Crippen molar-refractivity contribution < 1.29 is 14.7 Å². The molecule has 0 aliphatic heterocycles. The molecule has 0 atom stereocenters. The van der Waals surface area contributed by atoms with Crippen molar-refractivity contribution in [3.63, 3.8) is 0 Å². The molecule has 1 amide bonds. The smallest absolute Gasteiger partial charge is 0.305 e. The lowest BCUT2D eigenvalue weighted by atomic mass is 9.88. The lowest BCUT2D eigenvalue weighted by Crippen LogP contribution is -2.39. The van der Waals surface area contributed by atoms with Gasteiger partial charge in [-0.1, -0.05) is 31.4 Å². The number of benzene rings is 1. The molecule has 0 bridgehead atoms. The van der Waals surface area contributed by atoms with Gasteiger partial charge in [-0.2, -0.15) is 0 Å². The third kappa shape index (κ3) is 3.87. The minimum absolute atomic E-state index is 0.0220. The monoisotopic (exact) mass is 303 g/mol. The Kier molecular flexibility index (Phi) is 5.58. The number of nitrogens with zero attached hydrogens (tertiary/aromatic N) is 1. The molecule has 0 unspecified atom stereocenters. The third-order valence-electron chi connectivity index (χ3n) is 4.64. The third-order valence-corrected chi connectivity index (χ3v) is 4.64. The number of aliphatic carboxylic acids is 1. The molecule has 22 heavy (non-hydrogen) atoms. The topological polar surface area (TPSA) is 57.6 Å². The van der Waals surface area contributed by atoms with Gasteiger partial charge in [0.05, 0.1) is 6.42 Å². The molecule has 1 saturated carbocycles. The molecule has 0 heterocycles. The van der Waals surface area contributed by atoms with Gasteiger partial charge in [0.2, 0.25) is 5.91 Å². The second-order valence-corrected chi connectivity index (χ2v) is 6.19. The summed E-state index contributed by atoms with van der Waals surface area (Å²) in [6.45, 7) is 4.25. The standard InChI is InChI=1S/C18H25NO3/c1-13-7-6-10-16(14(13)2)19(12-11-17(20)21)18(22)15-8-4-3-5-9-15/h6-7,10,15H,3-5,8-9,11-12H2,1-2H3,(H,20,21). The first-order valence-corrected chi connectivity index (χ1v) is 8.10. The van der Waals surface area contributed by atoms with E-state index in [0.29, 0.717) is 0 Å². The van der Waals surface area contributed by atoms with Gasteiger partial charge in [-0.15, -0.1) is 0 Å². The maximum atomic E-state index is 12.9. The Morgan fingerprint density at radius 2 is 1.86 bits per heavy atom. The normalized spacial score (nSPS) is 15.5. The summed E-state index contributed by atoms with van der Waals surface area (Å²) in [5.74, 6) is -0.733. The molecule has 1 aliphatic rings. The number of anilines is 1. The van der Waals surface area contributed by atoms with Crippen LogP contribution < -0.4 is 4.90 Å². The Hall–Kier alpha value is -1.84. The number of carboxylic acids is 1. The van der Waals surface area contributed by atoms with Crippen LogP contribution in [0.25, 0.3) is 0 Å². The van der Waals surface area contributed by atoms with E-state index in [1.807, 2.05) is 32.0 Å². The van der Waals surface area contributed by atoms with Gasteiger partial charge in [0.15, 0.2) is 0 Å². The first kappa shape index (κ1) is 16.5. The van der Waals surface area contributed by atoms with E-state index in [-0.39, 0.29) is 24.8 Å². The first-order chi connectivity index (χ1) is 10.5. The largest absolute Gasteiger partial charge is 0.481 e. The first-order valence-electron chi connectivity index (χ1n) is 8.10. The Balaban J connectivity index is 2.26. The van der Waals surface area contributed by atoms with E-state index in [9.17, 15) is 9.59 Å². The number of amides is 1. The molecule has 0 aromatic heterocycles. The molecule has 120 valence electrons. The van der Waals surface area contributed by atoms with Crippen molar-refractivity contribution in [1.29, 1.82) is 0 Å². The molecule has 0 radical (unpaired) electrons. The number of hydrogen-bond acceptors (Lipinski definition) is 2. The Morgan fingerprint density at radius 1 is 1.18 bits per heavy atom. The molecule has 1 N–H and O–H groups in total. The zero-order chi connectivity index (χ0) is 16.1. The van der Waals surface area contributed by atoms with Gasteiger partial charge >= 0.3 is 5.97 Å². The van der Waals surface area contributed by atoms with Crippen molar-refractivity contribution in [1.82, 2.24) is 0 Å². The van der Waals surface area contributed by atoms with Crippen LogP contribution in [0.1, 0.15) is 49.7 Å². The predicted octanol–water partition coefficient (Wildman–Crippen LogP) is 3.69. The van der Waals surface area contributed by atoms with Crippen LogP contribution in [0.4, 0.5) is 5.69 Å². The van der Waals surface area contributed by atoms with E-state index in [0.717, 1.165) is 42.5 Å². The molecule has 4 heteroatoms. The second-order valence-electron chi connectivity index (χ2n) is 6.19. The summed E-state index contributed by atoms with van der Waals surface area (Å²) in [5, 5.41) is 8.99. The van der Waals surface area contributed by atoms with Crippen LogP contribution in [0.3, 0.4) is 0 Å². The number of rotatable bonds is 5. The molecule has 1 aromatic rings. The van der Waals surface area contributed by atoms with Crippen LogP contribution in [0.2, 0.25) is 0 Å². The Bertz CT molecular complexity index is 547. The highest BCUT2D eigenvalue weighted by atomic mass is 16.4. The van der Waals surface area contributed by atoms with Crippen LogP contribution in [0, 0.1) is 19.8 Å². The lowest BCUT2D eigenvalue weighted by Gasteiger charge is -2.30. The number of carbonyl (C=O) groups excluding carboxylic acids is 1. The highest BCUT2D eigenvalue weighted by Gasteiger charge is 2.28. The van der Waals surface area contributed by atoms with Crippen LogP contribution in [0.15, 0.2) is 18.2 Å². The second kappa shape index (κ2) is 7.43. The molecular weight excluding hydrogens is 278 g/mol. The maximum absolute atomic E-state index is 12.9. The predicted molar refractivity (Wildman–Crippen MR) is 87.1 cm³/mol. The van der Waals surface area contributed by atoms with E-state index in [4.69, 9.17) is 5.11 Å². The van der Waals surface area contributed by atoms with Crippen molar-refractivity contribution >= 4 is 17.6 Å². The SMILES string of the molecule is Cc1cccc(N(CCC(=O)O)C(=O)C2CCCCC2)c1C. The van der Waals surface area contributed by atoms with Crippen molar-refractivity contribution in [2.45, 2.75) is 52.4 Å². The van der Waals surface area contributed by atoms with E-state index in [1.54, 1.807) is 4.90 Å². The fourth-order valence-electron chi connectivity index (χ4n) is 3.15. The van der Waals surface area contributed by atoms with Crippen molar-refractivity contribution in [2.75, 3.05) is 11.4 Å². The molecular formula is C18H25NO3. The van der Waals surface area contributed by atoms with Gasteiger partial charge in [0.1, 0.15) is 0 Å². The maximum Gasteiger partial charge on any atom is 0.305 e. The number of carbonyl (C=O) groups is 2. The highest BCUT2D eigenvalue weighted by molar-refractivity contribution is 5.96. The zero-order valence-electron chi connectivity index (χ0n) is 13.5. The molecule has 1 fully saturated rings. The number of aryl methyl sites for hydroxylation is 1. The van der Waals surface area contributed by atoms with Gasteiger partial charge in [-0.3, -0.25) is 9.59 Å². The van der Waals surface area contributed by atoms with E-state index in [2.05, 4.69) is 0 Å². The van der Waals surface area contributed by atoms with Crippen molar-refractivity contribution in [3.05, 3.63) is 29.3 Å². The van der Waals surface area contributed by atoms with Gasteiger partial charge in [-0.25, -0.2) is 0 Å². The van der Waals surface area contributed by atoms with E-state index in [1.165, 1.54) is 6.42 Å². The summed E-state index contributed by atoms with van der Waals surface area (Å²) in [4.78, 5) is 25.6. The van der Waals surface area contributed by atoms with Gasteiger partial charge in [0.25, 0.3) is 0 Å². The summed E-state index contributed by atoms with van der Waals surface area (Å²) in [7, 11) is 0. The summed E-state index contributed by atoms with van der Waals surface area (Å²) in [6.07, 6.45) is 5.21. The average molecular weight is 303 g/mol. The van der Waals surface area contributed by atoms with Crippen LogP contribution in [-0.2, 0) is 9.59 Å². The summed E-state index contributed by atoms with van der Waals surface area (Å²) in [5.41, 5.74) is 3.03. The molecule has 4 nitrogen and oxygen atoms in total. The fraction of sp³-hybridized carbons (Fsp3) is 0.556. The quantitative estimate of drug-likeness (QED) is 0.902. The molecule has 0 spiro atoms. The Labute approximate surface area is 132 Å². The lowest BCUT2D eigenvalue weighted by molar-refractivity contribution is -0.136. The van der Waals surface area contributed by atoms with Crippen molar-refractivity contribution in [2.24, 2.45) is 5.92 Å².